The van der Waals surface area contributed by atoms with Crippen molar-refractivity contribution in [3.8, 4) is 5.75 Å². The molecular weight excluding hydrogens is 291 g/mol. The highest BCUT2D eigenvalue weighted by molar-refractivity contribution is 7.48. The minimum atomic E-state index is -4.49. The maximum Gasteiger partial charge on any atom is 0.587 e. The van der Waals surface area contributed by atoms with E-state index in [0.717, 1.165) is 11.6 Å². The molecule has 2 aromatic rings. The van der Waals surface area contributed by atoms with Gasteiger partial charge in [-0.25, -0.2) is 9.36 Å². The maximum atomic E-state index is 11.7. The van der Waals surface area contributed by atoms with Gasteiger partial charge >= 0.3 is 13.8 Å². The van der Waals surface area contributed by atoms with Gasteiger partial charge in [-0.2, -0.15) is 0 Å². The van der Waals surface area contributed by atoms with Gasteiger partial charge in [0.25, 0.3) is 0 Å². The van der Waals surface area contributed by atoms with Gasteiger partial charge in [0.15, 0.2) is 0 Å². The van der Waals surface area contributed by atoms with Crippen LogP contribution in [0.5, 0.6) is 5.75 Å². The predicted molar refractivity (Wildman–Crippen MR) is 78.5 cm³/mol. The van der Waals surface area contributed by atoms with Crippen LogP contribution in [0.25, 0.3) is 6.08 Å². The van der Waals surface area contributed by atoms with E-state index in [9.17, 15) is 14.3 Å². The smallest absolute Gasteiger partial charge is 0.395 e. The van der Waals surface area contributed by atoms with Gasteiger partial charge in [-0.3, -0.25) is 4.89 Å². The Kier molecular flexibility index (Phi) is 4.93. The molecule has 1 unspecified atom stereocenters. The van der Waals surface area contributed by atoms with Crippen molar-refractivity contribution in [1.82, 2.24) is 0 Å². The summed E-state index contributed by atoms with van der Waals surface area (Å²) >= 11 is 0. The fourth-order valence-electron chi connectivity index (χ4n) is 1.51. The van der Waals surface area contributed by atoms with Gasteiger partial charge in [-0.1, -0.05) is 48.5 Å². The van der Waals surface area contributed by atoms with Gasteiger partial charge in [0, 0.05) is 6.08 Å². The first kappa shape index (κ1) is 15.0. The summed E-state index contributed by atoms with van der Waals surface area (Å²) < 4.78 is 20.8. The lowest BCUT2D eigenvalue weighted by Crippen LogP contribution is -2.03. The zero-order valence-electron chi connectivity index (χ0n) is 11.0. The van der Waals surface area contributed by atoms with Crippen LogP contribution in [0.15, 0.2) is 66.7 Å². The average molecular weight is 304 g/mol. The summed E-state index contributed by atoms with van der Waals surface area (Å²) in [6.45, 7) is 0. The molecule has 0 aliphatic rings. The summed E-state index contributed by atoms with van der Waals surface area (Å²) in [5.41, 5.74) is 0.770. The lowest BCUT2D eigenvalue weighted by Gasteiger charge is -2.11. The van der Waals surface area contributed by atoms with E-state index in [0.29, 0.717) is 0 Å². The fourth-order valence-corrected chi connectivity index (χ4v) is 2.22. The van der Waals surface area contributed by atoms with Crippen LogP contribution in [-0.4, -0.2) is 10.9 Å². The first-order valence-corrected chi connectivity index (χ1v) is 7.59. The number of benzene rings is 2. The maximum absolute atomic E-state index is 11.7. The standard InChI is InChI=1S/C15H13O5P/c16-15(12-11-13-7-3-1-4-8-13)20-21(17,18)19-14-9-5-2-6-10-14/h1-12H,(H,17,18). The van der Waals surface area contributed by atoms with Gasteiger partial charge in [0.1, 0.15) is 5.75 Å². The van der Waals surface area contributed by atoms with Crippen molar-refractivity contribution in [2.75, 3.05) is 0 Å². The molecule has 6 heteroatoms. The first-order valence-electron chi connectivity index (χ1n) is 6.09. The molecule has 0 radical (unpaired) electrons. The monoisotopic (exact) mass is 304 g/mol. The zero-order chi connectivity index (χ0) is 15.1. The molecule has 2 rings (SSSR count). The van der Waals surface area contributed by atoms with Gasteiger partial charge in [0.2, 0.25) is 0 Å². The highest BCUT2D eigenvalue weighted by Gasteiger charge is 2.26. The normalized spacial score (nSPS) is 13.6. The van der Waals surface area contributed by atoms with Crippen LogP contribution in [-0.2, 0) is 13.9 Å². The zero-order valence-corrected chi connectivity index (χ0v) is 11.9. The minimum absolute atomic E-state index is 0.142. The van der Waals surface area contributed by atoms with E-state index in [4.69, 9.17) is 4.52 Å². The van der Waals surface area contributed by atoms with Crippen molar-refractivity contribution < 1.29 is 23.3 Å². The molecule has 0 amide bonds. The molecule has 0 aliphatic carbocycles. The van der Waals surface area contributed by atoms with Crippen LogP contribution < -0.4 is 4.52 Å². The SMILES string of the molecule is O=C(C=Cc1ccccc1)OP(=O)(O)Oc1ccccc1. The fraction of sp³-hybridized carbons (Fsp3) is 0. The number of phosphoric acid groups is 1. The van der Waals surface area contributed by atoms with E-state index < -0.39 is 13.8 Å². The number of carbonyl (C=O) groups excluding carboxylic acids is 1. The van der Waals surface area contributed by atoms with Crippen molar-refractivity contribution >= 4 is 19.9 Å². The highest BCUT2D eigenvalue weighted by Crippen LogP contribution is 2.43. The molecule has 0 aliphatic heterocycles. The number of hydrogen-bond donors (Lipinski definition) is 1. The molecule has 1 atom stereocenters. The lowest BCUT2D eigenvalue weighted by molar-refractivity contribution is -0.130. The predicted octanol–water partition coefficient (Wildman–Crippen LogP) is 3.42. The number of rotatable bonds is 5. The third-order valence-electron chi connectivity index (χ3n) is 2.38. The molecule has 1 N–H and O–H groups in total. The minimum Gasteiger partial charge on any atom is -0.395 e. The van der Waals surface area contributed by atoms with Crippen LogP contribution in [0, 0.1) is 0 Å². The first-order chi connectivity index (χ1) is 10.1. The van der Waals surface area contributed by atoms with Crippen LogP contribution in [0.1, 0.15) is 5.56 Å². The molecule has 0 bridgehead atoms. The second-order valence-corrected chi connectivity index (χ2v) is 5.33. The summed E-state index contributed by atoms with van der Waals surface area (Å²) in [4.78, 5) is 21.0. The molecule has 0 heterocycles. The Balaban J connectivity index is 1.95. The average Bonchev–Trinajstić information content (AvgIpc) is 2.46. The van der Waals surface area contributed by atoms with E-state index in [2.05, 4.69) is 4.52 Å². The summed E-state index contributed by atoms with van der Waals surface area (Å²) in [6, 6.07) is 17.0. The van der Waals surface area contributed by atoms with Gasteiger partial charge in [0.05, 0.1) is 0 Å². The molecule has 108 valence electrons. The number of carbonyl (C=O) groups is 1. The molecule has 0 spiro atoms. The molecule has 0 saturated heterocycles. The highest BCUT2D eigenvalue weighted by atomic mass is 31.2. The molecule has 0 fully saturated rings. The molecule has 0 saturated carbocycles. The largest absolute Gasteiger partial charge is 0.587 e. The van der Waals surface area contributed by atoms with Crippen LogP contribution in [0.4, 0.5) is 0 Å². The van der Waals surface area contributed by atoms with E-state index in [1.807, 2.05) is 6.07 Å². The summed E-state index contributed by atoms with van der Waals surface area (Å²) in [5, 5.41) is 0. The van der Waals surface area contributed by atoms with Crippen LogP contribution >= 0.6 is 7.82 Å². The van der Waals surface area contributed by atoms with Gasteiger partial charge in [-0.15, -0.1) is 0 Å². The molecule has 21 heavy (non-hydrogen) atoms. The Morgan fingerprint density at radius 3 is 2.19 bits per heavy atom. The van der Waals surface area contributed by atoms with E-state index in [-0.39, 0.29) is 5.75 Å². The van der Waals surface area contributed by atoms with Crippen molar-refractivity contribution in [2.24, 2.45) is 0 Å². The Hall–Kier alpha value is -2.36. The van der Waals surface area contributed by atoms with Crippen LogP contribution in [0.3, 0.4) is 0 Å². The van der Waals surface area contributed by atoms with Crippen molar-refractivity contribution in [2.45, 2.75) is 0 Å². The third-order valence-corrected chi connectivity index (χ3v) is 3.23. The Bertz CT molecular complexity index is 667. The van der Waals surface area contributed by atoms with Gasteiger partial charge in [-0.05, 0) is 23.8 Å². The Labute approximate surface area is 122 Å². The molecule has 2 aromatic carbocycles. The Morgan fingerprint density at radius 2 is 1.57 bits per heavy atom. The number of para-hydroxylation sites is 1. The molecule has 0 aromatic heterocycles. The van der Waals surface area contributed by atoms with Crippen molar-refractivity contribution in [3.63, 3.8) is 0 Å². The van der Waals surface area contributed by atoms with Gasteiger partial charge < -0.3 is 9.05 Å². The topological polar surface area (TPSA) is 72.8 Å². The van der Waals surface area contributed by atoms with Crippen molar-refractivity contribution in [1.29, 1.82) is 0 Å². The summed E-state index contributed by atoms with van der Waals surface area (Å²) in [7, 11) is -4.49. The molecule has 5 nitrogen and oxygen atoms in total. The second kappa shape index (κ2) is 6.88. The van der Waals surface area contributed by atoms with E-state index in [1.165, 1.54) is 18.2 Å². The van der Waals surface area contributed by atoms with E-state index in [1.54, 1.807) is 42.5 Å². The molecular formula is C15H13O5P. The second-order valence-electron chi connectivity index (χ2n) is 4.03. The lowest BCUT2D eigenvalue weighted by atomic mass is 10.2. The van der Waals surface area contributed by atoms with Crippen LogP contribution in [0.2, 0.25) is 0 Å². The number of phosphoric ester groups is 1. The summed E-state index contributed by atoms with van der Waals surface area (Å²) in [5.74, 6) is -0.816. The quantitative estimate of drug-likeness (QED) is 0.677. The van der Waals surface area contributed by atoms with Crippen molar-refractivity contribution in [3.05, 3.63) is 72.3 Å². The third kappa shape index (κ3) is 5.26. The Morgan fingerprint density at radius 1 is 1.00 bits per heavy atom. The van der Waals surface area contributed by atoms with E-state index >= 15 is 0 Å². The number of hydrogen-bond acceptors (Lipinski definition) is 4. The summed E-state index contributed by atoms with van der Waals surface area (Å²) in [6.07, 6.45) is 2.54.